The van der Waals surface area contributed by atoms with Crippen molar-refractivity contribution < 1.29 is 4.79 Å². The standard InChI is InChI=1S/C22H29N3O.2ClH/c23-15-19-11-13-25(14-12-19)22(26)18-24(16-20-7-3-1-4-8-20)17-21-9-5-2-6-10-21;;/h1-10,19H,11-18,23H2;2*1H. The van der Waals surface area contributed by atoms with Gasteiger partial charge < -0.3 is 10.6 Å². The van der Waals surface area contributed by atoms with Gasteiger partial charge in [-0.1, -0.05) is 60.7 Å². The van der Waals surface area contributed by atoms with Gasteiger partial charge in [-0.25, -0.2) is 0 Å². The number of halogens is 2. The van der Waals surface area contributed by atoms with E-state index >= 15 is 0 Å². The molecule has 0 saturated carbocycles. The Hall–Kier alpha value is -1.59. The lowest BCUT2D eigenvalue weighted by Gasteiger charge is -2.33. The van der Waals surface area contributed by atoms with Gasteiger partial charge in [0.2, 0.25) is 5.91 Å². The predicted molar refractivity (Wildman–Crippen MR) is 120 cm³/mol. The Bertz CT molecular complexity index is 635. The zero-order chi connectivity index (χ0) is 18.2. The minimum absolute atomic E-state index is 0. The van der Waals surface area contributed by atoms with Crippen LogP contribution in [0.25, 0.3) is 0 Å². The number of likely N-dealkylation sites (tertiary alicyclic amines) is 1. The van der Waals surface area contributed by atoms with Crippen molar-refractivity contribution in [2.45, 2.75) is 25.9 Å². The second kappa shape index (κ2) is 12.8. The molecule has 1 heterocycles. The van der Waals surface area contributed by atoms with Gasteiger partial charge in [0.15, 0.2) is 0 Å². The molecule has 28 heavy (non-hydrogen) atoms. The van der Waals surface area contributed by atoms with E-state index in [1.165, 1.54) is 11.1 Å². The molecule has 1 saturated heterocycles. The minimum Gasteiger partial charge on any atom is -0.342 e. The van der Waals surface area contributed by atoms with E-state index in [0.29, 0.717) is 12.5 Å². The molecule has 0 atom stereocenters. The highest BCUT2D eigenvalue weighted by atomic mass is 35.5. The van der Waals surface area contributed by atoms with Gasteiger partial charge in [-0.15, -0.1) is 24.8 Å². The van der Waals surface area contributed by atoms with Gasteiger partial charge in [0.05, 0.1) is 6.54 Å². The molecule has 6 heteroatoms. The van der Waals surface area contributed by atoms with Crippen molar-refractivity contribution in [3.63, 3.8) is 0 Å². The summed E-state index contributed by atoms with van der Waals surface area (Å²) >= 11 is 0. The molecule has 0 aromatic heterocycles. The normalized spacial score (nSPS) is 14.3. The summed E-state index contributed by atoms with van der Waals surface area (Å²) in [6.45, 7) is 4.42. The first-order valence-corrected chi connectivity index (χ1v) is 9.52. The van der Waals surface area contributed by atoms with Crippen molar-refractivity contribution in [2.24, 2.45) is 11.7 Å². The first-order valence-electron chi connectivity index (χ1n) is 9.52. The van der Waals surface area contributed by atoms with Crippen LogP contribution in [0.15, 0.2) is 60.7 Å². The SMILES string of the molecule is Cl.Cl.NCC1CCN(C(=O)CN(Cc2ccccc2)Cc2ccccc2)CC1. The number of hydrogen-bond acceptors (Lipinski definition) is 3. The van der Waals surface area contributed by atoms with Gasteiger partial charge in [-0.3, -0.25) is 9.69 Å². The second-order valence-electron chi connectivity index (χ2n) is 7.18. The van der Waals surface area contributed by atoms with E-state index in [4.69, 9.17) is 5.73 Å². The number of amides is 1. The molecule has 1 amide bonds. The van der Waals surface area contributed by atoms with E-state index in [-0.39, 0.29) is 30.7 Å². The Balaban J connectivity index is 0.00000196. The summed E-state index contributed by atoms with van der Waals surface area (Å²) in [5, 5.41) is 0. The molecule has 4 nitrogen and oxygen atoms in total. The molecule has 2 aromatic rings. The number of carbonyl (C=O) groups excluding carboxylic acids is 1. The first kappa shape index (κ1) is 24.4. The van der Waals surface area contributed by atoms with Crippen LogP contribution in [0.2, 0.25) is 0 Å². The smallest absolute Gasteiger partial charge is 0.236 e. The van der Waals surface area contributed by atoms with Crippen LogP contribution >= 0.6 is 24.8 Å². The minimum atomic E-state index is 0. The lowest BCUT2D eigenvalue weighted by molar-refractivity contribution is -0.134. The fourth-order valence-corrected chi connectivity index (χ4v) is 3.56. The summed E-state index contributed by atoms with van der Waals surface area (Å²) in [6, 6.07) is 20.7. The molecule has 0 bridgehead atoms. The van der Waals surface area contributed by atoms with Crippen LogP contribution in [-0.4, -0.2) is 41.9 Å². The number of nitrogens with two attached hydrogens (primary N) is 1. The predicted octanol–water partition coefficient (Wildman–Crippen LogP) is 3.73. The van der Waals surface area contributed by atoms with Gasteiger partial charge in [-0.05, 0) is 36.4 Å². The molecule has 0 aliphatic carbocycles. The van der Waals surface area contributed by atoms with E-state index in [0.717, 1.165) is 45.6 Å². The van der Waals surface area contributed by atoms with Crippen LogP contribution in [0.4, 0.5) is 0 Å². The zero-order valence-corrected chi connectivity index (χ0v) is 17.8. The molecular weight excluding hydrogens is 393 g/mol. The topological polar surface area (TPSA) is 49.6 Å². The van der Waals surface area contributed by atoms with E-state index in [9.17, 15) is 4.79 Å². The molecule has 3 rings (SSSR count). The molecular formula is C22H31Cl2N3O. The fourth-order valence-electron chi connectivity index (χ4n) is 3.56. The van der Waals surface area contributed by atoms with Crippen LogP contribution in [0.1, 0.15) is 24.0 Å². The average Bonchev–Trinajstić information content (AvgIpc) is 2.69. The lowest BCUT2D eigenvalue weighted by atomic mass is 9.97. The van der Waals surface area contributed by atoms with Crippen LogP contribution < -0.4 is 5.73 Å². The Morgan fingerprint density at radius 2 is 1.36 bits per heavy atom. The number of carbonyl (C=O) groups is 1. The van der Waals surface area contributed by atoms with Gasteiger partial charge in [0, 0.05) is 26.2 Å². The first-order chi connectivity index (χ1) is 12.7. The number of nitrogens with zero attached hydrogens (tertiary/aromatic N) is 2. The largest absolute Gasteiger partial charge is 0.342 e. The molecule has 0 spiro atoms. The quantitative estimate of drug-likeness (QED) is 0.737. The summed E-state index contributed by atoms with van der Waals surface area (Å²) in [4.78, 5) is 17.1. The maximum atomic E-state index is 12.8. The van der Waals surface area contributed by atoms with Crippen molar-refractivity contribution in [2.75, 3.05) is 26.2 Å². The highest BCUT2D eigenvalue weighted by Gasteiger charge is 2.23. The summed E-state index contributed by atoms with van der Waals surface area (Å²) in [5.74, 6) is 0.802. The molecule has 0 radical (unpaired) electrons. The van der Waals surface area contributed by atoms with Crippen molar-refractivity contribution in [1.82, 2.24) is 9.80 Å². The van der Waals surface area contributed by atoms with E-state index < -0.39 is 0 Å². The average molecular weight is 424 g/mol. The van der Waals surface area contributed by atoms with E-state index in [1.807, 2.05) is 17.0 Å². The van der Waals surface area contributed by atoms with E-state index in [1.54, 1.807) is 0 Å². The molecule has 1 aliphatic rings. The Morgan fingerprint density at radius 3 is 1.79 bits per heavy atom. The molecule has 0 unspecified atom stereocenters. The van der Waals surface area contributed by atoms with Gasteiger partial charge in [-0.2, -0.15) is 0 Å². The van der Waals surface area contributed by atoms with Crippen LogP contribution in [0, 0.1) is 5.92 Å². The number of rotatable bonds is 7. The Labute approximate surface area is 180 Å². The Kier molecular flexibility index (Phi) is 11.2. The van der Waals surface area contributed by atoms with Gasteiger partial charge in [0.25, 0.3) is 0 Å². The summed E-state index contributed by atoms with van der Waals surface area (Å²) in [7, 11) is 0. The van der Waals surface area contributed by atoms with Crippen molar-refractivity contribution in [3.8, 4) is 0 Å². The molecule has 1 aliphatic heterocycles. The molecule has 1 fully saturated rings. The maximum absolute atomic E-state index is 12.8. The molecule has 154 valence electrons. The zero-order valence-electron chi connectivity index (χ0n) is 16.2. The fraction of sp³-hybridized carbons (Fsp3) is 0.409. The number of benzene rings is 2. The second-order valence-corrected chi connectivity index (χ2v) is 7.18. The highest BCUT2D eigenvalue weighted by molar-refractivity contribution is 5.85. The lowest BCUT2D eigenvalue weighted by Crippen LogP contribution is -2.44. The maximum Gasteiger partial charge on any atom is 0.236 e. The van der Waals surface area contributed by atoms with E-state index in [2.05, 4.69) is 53.4 Å². The summed E-state index contributed by atoms with van der Waals surface area (Å²) < 4.78 is 0. The van der Waals surface area contributed by atoms with Gasteiger partial charge >= 0.3 is 0 Å². The number of hydrogen-bond donors (Lipinski definition) is 1. The van der Waals surface area contributed by atoms with Crippen LogP contribution in [0.5, 0.6) is 0 Å². The van der Waals surface area contributed by atoms with Crippen molar-refractivity contribution in [3.05, 3.63) is 71.8 Å². The summed E-state index contributed by atoms with van der Waals surface area (Å²) in [5.41, 5.74) is 8.23. The third kappa shape index (κ3) is 7.44. The third-order valence-electron chi connectivity index (χ3n) is 5.16. The van der Waals surface area contributed by atoms with Crippen molar-refractivity contribution in [1.29, 1.82) is 0 Å². The summed E-state index contributed by atoms with van der Waals surface area (Å²) in [6.07, 6.45) is 2.05. The molecule has 2 aromatic carbocycles. The van der Waals surface area contributed by atoms with Crippen molar-refractivity contribution >= 4 is 30.7 Å². The van der Waals surface area contributed by atoms with Crippen LogP contribution in [0.3, 0.4) is 0 Å². The number of piperidine rings is 1. The van der Waals surface area contributed by atoms with Crippen LogP contribution in [-0.2, 0) is 17.9 Å². The highest BCUT2D eigenvalue weighted by Crippen LogP contribution is 2.17. The Morgan fingerprint density at radius 1 is 0.893 bits per heavy atom. The van der Waals surface area contributed by atoms with Gasteiger partial charge in [0.1, 0.15) is 0 Å². The monoisotopic (exact) mass is 423 g/mol. The third-order valence-corrected chi connectivity index (χ3v) is 5.16. The molecule has 2 N–H and O–H groups in total.